The van der Waals surface area contributed by atoms with Crippen LogP contribution >= 0.6 is 0 Å². The van der Waals surface area contributed by atoms with Crippen LogP contribution in [0.2, 0.25) is 0 Å². The molecule has 0 aliphatic rings. The molecular formula is C55H38O. The first-order valence-corrected chi connectivity index (χ1v) is 19.2. The Morgan fingerprint density at radius 1 is 0.286 bits per heavy atom. The number of aryl methyl sites for hydroxylation is 1. The minimum atomic E-state index is 0.297. The summed E-state index contributed by atoms with van der Waals surface area (Å²) in [6, 6.07) is 73.9. The van der Waals surface area contributed by atoms with Crippen molar-refractivity contribution in [3.63, 3.8) is 0 Å². The molecule has 0 aliphatic carbocycles. The predicted octanol–water partition coefficient (Wildman–Crippen LogP) is 15.2. The molecule has 10 rings (SSSR count). The van der Waals surface area contributed by atoms with Crippen molar-refractivity contribution in [2.75, 3.05) is 0 Å². The second kappa shape index (κ2) is 13.9. The average Bonchev–Trinajstić information content (AvgIpc) is 3.26. The lowest BCUT2D eigenvalue weighted by atomic mass is 9.85. The van der Waals surface area contributed by atoms with Gasteiger partial charge in [-0.1, -0.05) is 188 Å². The van der Waals surface area contributed by atoms with E-state index in [0.717, 1.165) is 27.8 Å². The number of aromatic hydroxyl groups is 1. The van der Waals surface area contributed by atoms with Gasteiger partial charge in [0.25, 0.3) is 0 Å². The molecule has 10 aromatic carbocycles. The van der Waals surface area contributed by atoms with Crippen LogP contribution in [-0.2, 0) is 0 Å². The summed E-state index contributed by atoms with van der Waals surface area (Å²) in [5, 5.41) is 18.0. The fraction of sp³-hybridized carbons (Fsp3) is 0.0182. The fourth-order valence-corrected chi connectivity index (χ4v) is 8.55. The first-order valence-electron chi connectivity index (χ1n) is 19.2. The summed E-state index contributed by atoms with van der Waals surface area (Å²) in [5.41, 5.74) is 15.0. The largest absolute Gasteiger partial charge is 0.507 e. The van der Waals surface area contributed by atoms with E-state index < -0.39 is 0 Å². The highest BCUT2D eigenvalue weighted by Crippen LogP contribution is 2.45. The summed E-state index contributed by atoms with van der Waals surface area (Å²) in [4.78, 5) is 0. The van der Waals surface area contributed by atoms with E-state index in [2.05, 4.69) is 189 Å². The van der Waals surface area contributed by atoms with Gasteiger partial charge in [-0.2, -0.15) is 0 Å². The van der Waals surface area contributed by atoms with E-state index in [1.807, 2.05) is 18.2 Å². The minimum Gasteiger partial charge on any atom is -0.507 e. The molecule has 0 unspecified atom stereocenters. The Morgan fingerprint density at radius 3 is 1.38 bits per heavy atom. The van der Waals surface area contributed by atoms with Crippen LogP contribution in [0, 0.1) is 6.92 Å². The molecule has 0 aliphatic heterocycles. The van der Waals surface area contributed by atoms with Crippen molar-refractivity contribution >= 4 is 32.3 Å². The highest BCUT2D eigenvalue weighted by molar-refractivity contribution is 6.21. The lowest BCUT2D eigenvalue weighted by molar-refractivity contribution is 0.477. The van der Waals surface area contributed by atoms with E-state index in [-0.39, 0.29) is 0 Å². The Hall–Kier alpha value is -7.22. The van der Waals surface area contributed by atoms with E-state index in [0.29, 0.717) is 5.75 Å². The standard InChI is InChI=1S/C55H38O/c1-36-24-25-42(35-52(36)47-17-8-9-23-53(47)56)39-28-26-37(27-29-39)38-30-32-41(33-31-38)54-48-18-4-6-20-50(48)55(51-21-7-5-19-49(51)54)44-15-10-14-43(34-44)46-22-11-13-40-12-2-3-16-45(40)46/h2-35,56H,1H3. The Balaban J connectivity index is 1.02. The second-order valence-corrected chi connectivity index (χ2v) is 14.7. The molecule has 0 heterocycles. The maximum absolute atomic E-state index is 10.5. The molecule has 0 saturated heterocycles. The van der Waals surface area contributed by atoms with Crippen LogP contribution < -0.4 is 0 Å². The van der Waals surface area contributed by atoms with E-state index in [4.69, 9.17) is 0 Å². The van der Waals surface area contributed by atoms with Crippen molar-refractivity contribution in [2.24, 2.45) is 0 Å². The third kappa shape index (κ3) is 5.82. The monoisotopic (exact) mass is 714 g/mol. The SMILES string of the molecule is Cc1ccc(-c2ccc(-c3ccc(-c4c5ccccc5c(-c5cccc(-c6cccc7ccccc67)c5)c5ccccc45)cc3)cc2)cc1-c1ccccc1O. The molecule has 56 heavy (non-hydrogen) atoms. The van der Waals surface area contributed by atoms with Crippen molar-refractivity contribution in [3.05, 3.63) is 212 Å². The smallest absolute Gasteiger partial charge is 0.123 e. The van der Waals surface area contributed by atoms with Crippen LogP contribution in [0.3, 0.4) is 0 Å². The van der Waals surface area contributed by atoms with Gasteiger partial charge in [-0.3, -0.25) is 0 Å². The van der Waals surface area contributed by atoms with Crippen molar-refractivity contribution in [1.29, 1.82) is 0 Å². The quantitative estimate of drug-likeness (QED) is 0.170. The highest BCUT2D eigenvalue weighted by Gasteiger charge is 2.17. The maximum atomic E-state index is 10.5. The minimum absolute atomic E-state index is 0.297. The van der Waals surface area contributed by atoms with E-state index >= 15 is 0 Å². The fourth-order valence-electron chi connectivity index (χ4n) is 8.55. The molecule has 0 spiro atoms. The van der Waals surface area contributed by atoms with Crippen molar-refractivity contribution in [3.8, 4) is 72.5 Å². The summed E-state index contributed by atoms with van der Waals surface area (Å²) in [7, 11) is 0. The average molecular weight is 715 g/mol. The van der Waals surface area contributed by atoms with Crippen LogP contribution in [0.15, 0.2) is 206 Å². The van der Waals surface area contributed by atoms with Gasteiger partial charge in [0.2, 0.25) is 0 Å². The Kier molecular flexibility index (Phi) is 8.27. The number of benzene rings is 10. The molecule has 0 bridgehead atoms. The number of rotatable bonds is 6. The lowest BCUT2D eigenvalue weighted by Crippen LogP contribution is -1.91. The van der Waals surface area contributed by atoms with Gasteiger partial charge in [0.1, 0.15) is 5.75 Å². The van der Waals surface area contributed by atoms with Gasteiger partial charge in [0.15, 0.2) is 0 Å². The van der Waals surface area contributed by atoms with Gasteiger partial charge in [-0.25, -0.2) is 0 Å². The first kappa shape index (κ1) is 33.4. The van der Waals surface area contributed by atoms with Crippen molar-refractivity contribution < 1.29 is 5.11 Å². The van der Waals surface area contributed by atoms with Crippen LogP contribution in [0.1, 0.15) is 5.56 Å². The molecule has 0 radical (unpaired) electrons. The lowest BCUT2D eigenvalue weighted by Gasteiger charge is -2.18. The van der Waals surface area contributed by atoms with Crippen LogP contribution in [-0.4, -0.2) is 5.11 Å². The topological polar surface area (TPSA) is 20.2 Å². The van der Waals surface area contributed by atoms with E-state index in [9.17, 15) is 5.11 Å². The molecule has 0 atom stereocenters. The summed E-state index contributed by atoms with van der Waals surface area (Å²) in [6.07, 6.45) is 0. The van der Waals surface area contributed by atoms with Gasteiger partial charge >= 0.3 is 0 Å². The maximum Gasteiger partial charge on any atom is 0.123 e. The normalized spacial score (nSPS) is 11.4. The predicted molar refractivity (Wildman–Crippen MR) is 238 cm³/mol. The third-order valence-electron chi connectivity index (χ3n) is 11.3. The van der Waals surface area contributed by atoms with Gasteiger partial charge in [-0.05, 0) is 124 Å². The number of hydrogen-bond donors (Lipinski definition) is 1. The van der Waals surface area contributed by atoms with Gasteiger partial charge in [-0.15, -0.1) is 0 Å². The highest BCUT2D eigenvalue weighted by atomic mass is 16.3. The first-order chi connectivity index (χ1) is 27.6. The molecule has 10 aromatic rings. The molecule has 0 saturated carbocycles. The van der Waals surface area contributed by atoms with Crippen LogP contribution in [0.4, 0.5) is 0 Å². The Labute approximate surface area is 327 Å². The second-order valence-electron chi connectivity index (χ2n) is 14.7. The van der Waals surface area contributed by atoms with Crippen molar-refractivity contribution in [2.45, 2.75) is 6.92 Å². The zero-order valence-electron chi connectivity index (χ0n) is 31.1. The molecule has 0 amide bonds. The summed E-state index contributed by atoms with van der Waals surface area (Å²) < 4.78 is 0. The summed E-state index contributed by atoms with van der Waals surface area (Å²) in [6.45, 7) is 2.09. The summed E-state index contributed by atoms with van der Waals surface area (Å²) in [5.74, 6) is 0.297. The van der Waals surface area contributed by atoms with Crippen molar-refractivity contribution in [1.82, 2.24) is 0 Å². The van der Waals surface area contributed by atoms with Gasteiger partial charge in [0, 0.05) is 5.56 Å². The number of fused-ring (bicyclic) bond motifs is 3. The number of phenolic OH excluding ortho intramolecular Hbond substituents is 1. The number of phenols is 1. The molecular weight excluding hydrogens is 677 g/mol. The zero-order chi connectivity index (χ0) is 37.6. The van der Waals surface area contributed by atoms with E-state index in [1.165, 1.54) is 76.8 Å². The number of hydrogen-bond acceptors (Lipinski definition) is 1. The van der Waals surface area contributed by atoms with Crippen LogP contribution in [0.5, 0.6) is 5.75 Å². The third-order valence-corrected chi connectivity index (χ3v) is 11.3. The zero-order valence-corrected chi connectivity index (χ0v) is 31.1. The molecule has 1 heteroatoms. The molecule has 264 valence electrons. The summed E-state index contributed by atoms with van der Waals surface area (Å²) >= 11 is 0. The van der Waals surface area contributed by atoms with Crippen LogP contribution in [0.25, 0.3) is 99.1 Å². The van der Waals surface area contributed by atoms with Gasteiger partial charge in [0.05, 0.1) is 0 Å². The Bertz CT molecular complexity index is 3020. The molecule has 1 N–H and O–H groups in total. The van der Waals surface area contributed by atoms with E-state index in [1.54, 1.807) is 6.07 Å². The molecule has 0 fully saturated rings. The van der Waals surface area contributed by atoms with Gasteiger partial charge < -0.3 is 5.11 Å². The number of para-hydroxylation sites is 1. The Morgan fingerprint density at radius 2 is 0.732 bits per heavy atom. The molecule has 0 aromatic heterocycles. The molecule has 1 nitrogen and oxygen atoms in total.